The van der Waals surface area contributed by atoms with Gasteiger partial charge >= 0.3 is 0 Å². The summed E-state index contributed by atoms with van der Waals surface area (Å²) in [6, 6.07) is 44.5. The molecule has 0 aliphatic rings. The van der Waals surface area contributed by atoms with E-state index in [0.29, 0.717) is 17.2 Å². The Hall–Kier alpha value is -5.20. The maximum Gasteiger partial charge on any atom is 0.145 e. The van der Waals surface area contributed by atoms with Crippen molar-refractivity contribution in [2.24, 2.45) is 0 Å². The van der Waals surface area contributed by atoms with Crippen LogP contribution in [0.2, 0.25) is 0 Å². The molecule has 0 atom stereocenters. The lowest BCUT2D eigenvalue weighted by atomic mass is 9.87. The summed E-state index contributed by atoms with van der Waals surface area (Å²) in [6.07, 6.45) is 1.87. The lowest BCUT2D eigenvalue weighted by Crippen LogP contribution is -2.11. The predicted octanol–water partition coefficient (Wildman–Crippen LogP) is 11.4. The van der Waals surface area contributed by atoms with Crippen molar-refractivity contribution in [2.45, 2.75) is 26.2 Å². The van der Waals surface area contributed by atoms with Crippen LogP contribution < -0.4 is 9.47 Å². The molecule has 0 fully saturated rings. The first kappa shape index (κ1) is 29.5. The number of halogens is 1. The Morgan fingerprint density at radius 3 is 1.89 bits per heavy atom. The van der Waals surface area contributed by atoms with Gasteiger partial charge in [0.15, 0.2) is 0 Å². The fourth-order valence-corrected chi connectivity index (χ4v) is 5.81. The average molecular weight is 667 g/mol. The molecule has 0 saturated heterocycles. The highest BCUT2D eigenvalue weighted by Gasteiger charge is 2.16. The molecule has 46 heavy (non-hydrogen) atoms. The molecule has 0 saturated carbocycles. The summed E-state index contributed by atoms with van der Waals surface area (Å²) in [7, 11) is 0. The van der Waals surface area contributed by atoms with Crippen LogP contribution in [0.5, 0.6) is 23.0 Å². The zero-order chi connectivity index (χ0) is 31.7. The summed E-state index contributed by atoms with van der Waals surface area (Å²) in [5.74, 6) is 3.62. The molecular formula is C40H32BrN3O2. The molecule has 0 aliphatic carbocycles. The van der Waals surface area contributed by atoms with Crippen LogP contribution in [0.15, 0.2) is 144 Å². The van der Waals surface area contributed by atoms with Gasteiger partial charge in [0.25, 0.3) is 0 Å². The van der Waals surface area contributed by atoms with Crippen molar-refractivity contribution >= 4 is 27.0 Å². The minimum Gasteiger partial charge on any atom is -0.456 e. The van der Waals surface area contributed by atoms with E-state index in [1.54, 1.807) is 0 Å². The average Bonchev–Trinajstić information content (AvgIpc) is 3.47. The van der Waals surface area contributed by atoms with Crippen molar-refractivity contribution in [2.75, 3.05) is 0 Å². The highest BCUT2D eigenvalue weighted by Crippen LogP contribution is 2.40. The number of hydrogen-bond acceptors (Lipinski definition) is 4. The molecule has 0 amide bonds. The molecule has 2 heterocycles. The molecule has 5 aromatic carbocycles. The molecule has 0 bridgehead atoms. The zero-order valence-electron chi connectivity index (χ0n) is 25.8. The van der Waals surface area contributed by atoms with Crippen LogP contribution in [0.25, 0.3) is 39.4 Å². The van der Waals surface area contributed by atoms with Crippen molar-refractivity contribution < 1.29 is 9.47 Å². The number of aromatic nitrogens is 3. The number of imidazole rings is 1. The fraction of sp³-hybridized carbons (Fsp3) is 0.100. The van der Waals surface area contributed by atoms with Gasteiger partial charge in [0, 0.05) is 23.0 Å². The first-order valence-corrected chi connectivity index (χ1v) is 16.0. The number of rotatable bonds is 7. The summed E-state index contributed by atoms with van der Waals surface area (Å²) >= 11 is 3.71. The number of benzene rings is 5. The summed E-state index contributed by atoms with van der Waals surface area (Å²) in [5, 5.41) is 0. The van der Waals surface area contributed by atoms with E-state index in [4.69, 9.17) is 14.5 Å². The quantitative estimate of drug-likeness (QED) is 0.170. The first-order valence-electron chi connectivity index (χ1n) is 15.2. The van der Waals surface area contributed by atoms with E-state index < -0.39 is 0 Å². The Kier molecular flexibility index (Phi) is 7.89. The lowest BCUT2D eigenvalue weighted by molar-refractivity contribution is 0.455. The second kappa shape index (κ2) is 12.3. The van der Waals surface area contributed by atoms with E-state index in [0.717, 1.165) is 49.6 Å². The smallest absolute Gasteiger partial charge is 0.145 e. The molecule has 226 valence electrons. The predicted molar refractivity (Wildman–Crippen MR) is 189 cm³/mol. The minimum atomic E-state index is 0.0586. The van der Waals surface area contributed by atoms with Crippen molar-refractivity contribution in [3.63, 3.8) is 0 Å². The third-order valence-corrected chi connectivity index (χ3v) is 8.63. The van der Waals surface area contributed by atoms with Gasteiger partial charge in [-0.3, -0.25) is 9.55 Å². The fourth-order valence-electron chi connectivity index (χ4n) is 5.38. The van der Waals surface area contributed by atoms with Crippen LogP contribution in [0.1, 0.15) is 26.3 Å². The molecule has 0 spiro atoms. The van der Waals surface area contributed by atoms with Crippen LogP contribution in [0.3, 0.4) is 0 Å². The van der Waals surface area contributed by atoms with Gasteiger partial charge < -0.3 is 9.47 Å². The van der Waals surface area contributed by atoms with Gasteiger partial charge in [-0.1, -0.05) is 57.2 Å². The van der Waals surface area contributed by atoms with Crippen molar-refractivity contribution in [3.8, 4) is 51.3 Å². The third-order valence-electron chi connectivity index (χ3n) is 7.85. The molecule has 7 aromatic rings. The van der Waals surface area contributed by atoms with Crippen LogP contribution in [-0.2, 0) is 5.41 Å². The van der Waals surface area contributed by atoms with Crippen LogP contribution >= 0.6 is 15.9 Å². The largest absolute Gasteiger partial charge is 0.456 e. The molecule has 0 unspecified atom stereocenters. The van der Waals surface area contributed by atoms with Gasteiger partial charge in [-0.2, -0.15) is 0 Å². The van der Waals surface area contributed by atoms with Crippen molar-refractivity contribution in [1.29, 1.82) is 0 Å². The van der Waals surface area contributed by atoms with Gasteiger partial charge in [-0.15, -0.1) is 0 Å². The number of ether oxygens (including phenoxy) is 2. The Morgan fingerprint density at radius 1 is 0.630 bits per heavy atom. The number of nitrogens with zero attached hydrogens (tertiary/aromatic N) is 3. The Morgan fingerprint density at radius 2 is 1.24 bits per heavy atom. The summed E-state index contributed by atoms with van der Waals surface area (Å²) < 4.78 is 15.5. The molecule has 0 aliphatic heterocycles. The van der Waals surface area contributed by atoms with Gasteiger partial charge in [-0.25, -0.2) is 4.98 Å². The minimum absolute atomic E-state index is 0.0586. The van der Waals surface area contributed by atoms with E-state index in [2.05, 4.69) is 76.6 Å². The number of para-hydroxylation sites is 3. The van der Waals surface area contributed by atoms with Gasteiger partial charge in [0.2, 0.25) is 0 Å². The summed E-state index contributed by atoms with van der Waals surface area (Å²) in [6.45, 7) is 6.62. The molecule has 5 nitrogen and oxygen atoms in total. The maximum atomic E-state index is 6.31. The van der Waals surface area contributed by atoms with Crippen LogP contribution in [0.4, 0.5) is 0 Å². The monoisotopic (exact) mass is 665 g/mol. The lowest BCUT2D eigenvalue weighted by Gasteiger charge is -2.19. The summed E-state index contributed by atoms with van der Waals surface area (Å²) in [4.78, 5) is 9.55. The second-order valence-electron chi connectivity index (χ2n) is 12.1. The standard InChI is InChI=1S/C40H32BrN3O2/c1-40(2,3)29-24-25-42-34(26-29)27-16-20-31(21-17-27)45-36-14-9-15-37(38(36)41)46-32-22-18-28(19-23-32)39-43-33-12-7-8-13-35(33)44(39)30-10-5-4-6-11-30/h4-26H,1-3H3. The van der Waals surface area contributed by atoms with Crippen molar-refractivity contribution in [3.05, 3.63) is 150 Å². The highest BCUT2D eigenvalue weighted by molar-refractivity contribution is 9.10. The van der Waals surface area contributed by atoms with E-state index in [1.807, 2.05) is 109 Å². The number of fused-ring (bicyclic) bond motifs is 1. The SMILES string of the molecule is CC(C)(C)c1ccnc(-c2ccc(Oc3cccc(Oc4ccc(-c5nc6ccccc6n5-c5ccccc5)cc4)c3Br)cc2)c1. The molecule has 0 radical (unpaired) electrons. The van der Waals surface area contributed by atoms with Gasteiger partial charge in [0.1, 0.15) is 33.3 Å². The molecule has 7 rings (SSSR count). The van der Waals surface area contributed by atoms with Crippen LogP contribution in [-0.4, -0.2) is 14.5 Å². The second-order valence-corrected chi connectivity index (χ2v) is 12.9. The van der Waals surface area contributed by atoms with E-state index in [1.165, 1.54) is 5.56 Å². The van der Waals surface area contributed by atoms with E-state index >= 15 is 0 Å². The molecular weight excluding hydrogens is 634 g/mol. The van der Waals surface area contributed by atoms with E-state index in [9.17, 15) is 0 Å². The Labute approximate surface area is 277 Å². The molecule has 2 aromatic heterocycles. The zero-order valence-corrected chi connectivity index (χ0v) is 27.4. The first-order chi connectivity index (χ1) is 22.3. The van der Waals surface area contributed by atoms with Crippen LogP contribution in [0, 0.1) is 0 Å². The van der Waals surface area contributed by atoms with Crippen molar-refractivity contribution in [1.82, 2.24) is 14.5 Å². The maximum absolute atomic E-state index is 6.31. The molecule has 6 heteroatoms. The Balaban J connectivity index is 1.10. The Bertz CT molecular complexity index is 2130. The highest BCUT2D eigenvalue weighted by atomic mass is 79.9. The topological polar surface area (TPSA) is 49.2 Å². The normalized spacial score (nSPS) is 11.5. The molecule has 0 N–H and O–H groups in total. The number of hydrogen-bond donors (Lipinski definition) is 0. The van der Waals surface area contributed by atoms with Gasteiger partial charge in [-0.05, 0) is 124 Å². The number of pyridine rings is 1. The van der Waals surface area contributed by atoms with E-state index in [-0.39, 0.29) is 5.41 Å². The summed E-state index contributed by atoms with van der Waals surface area (Å²) in [5.41, 5.74) is 7.36. The third kappa shape index (κ3) is 6.04. The van der Waals surface area contributed by atoms with Gasteiger partial charge in [0.05, 0.1) is 16.7 Å².